The number of unbranched alkanes of at least 4 members (excludes halogenated alkanes) is 1. The van der Waals surface area contributed by atoms with Gasteiger partial charge in [-0.2, -0.15) is 5.26 Å². The highest BCUT2D eigenvalue weighted by Gasteiger charge is 2.10. The molecular formula is C17H17BrN2. The lowest BCUT2D eigenvalue weighted by atomic mass is 10.1. The number of hydrogen-bond donors (Lipinski definition) is 0. The average molecular weight is 329 g/mol. The summed E-state index contributed by atoms with van der Waals surface area (Å²) in [5, 5.41) is 9.13. The van der Waals surface area contributed by atoms with E-state index >= 15 is 0 Å². The van der Waals surface area contributed by atoms with Crippen molar-refractivity contribution < 1.29 is 0 Å². The number of hydrogen-bond acceptors (Lipinski definition) is 2. The van der Waals surface area contributed by atoms with Crippen LogP contribution >= 0.6 is 15.9 Å². The van der Waals surface area contributed by atoms with Crippen molar-refractivity contribution in [1.82, 2.24) is 0 Å². The van der Waals surface area contributed by atoms with Gasteiger partial charge >= 0.3 is 0 Å². The molecule has 0 amide bonds. The largest absolute Gasteiger partial charge is 0.341 e. The Labute approximate surface area is 128 Å². The molecule has 0 aliphatic carbocycles. The molecule has 3 heteroatoms. The van der Waals surface area contributed by atoms with Crippen LogP contribution in [-0.2, 0) is 0 Å². The van der Waals surface area contributed by atoms with Crippen molar-refractivity contribution in [3.8, 4) is 6.07 Å². The predicted molar refractivity (Wildman–Crippen MR) is 87.2 cm³/mol. The van der Waals surface area contributed by atoms with Crippen LogP contribution in [0.25, 0.3) is 0 Å². The van der Waals surface area contributed by atoms with Gasteiger partial charge in [0.25, 0.3) is 0 Å². The molecule has 0 radical (unpaired) electrons. The summed E-state index contributed by atoms with van der Waals surface area (Å²) in [5.41, 5.74) is 2.88. The van der Waals surface area contributed by atoms with Gasteiger partial charge in [0, 0.05) is 22.4 Å². The summed E-state index contributed by atoms with van der Waals surface area (Å²) in [7, 11) is 0. The van der Waals surface area contributed by atoms with Crippen LogP contribution in [0.5, 0.6) is 0 Å². The normalized spacial score (nSPS) is 10.1. The molecule has 0 bridgehead atoms. The van der Waals surface area contributed by atoms with Crippen LogP contribution in [0.4, 0.5) is 11.4 Å². The quantitative estimate of drug-likeness (QED) is 0.748. The standard InChI is InChI=1S/C17H17BrN2/c1-2-3-9-20(16-7-5-4-6-8-16)17-11-14(13-19)10-15(18)12-17/h4-8,10-12H,2-3,9H2,1H3. The van der Waals surface area contributed by atoms with E-state index in [2.05, 4.69) is 52.0 Å². The first-order chi connectivity index (χ1) is 9.74. The van der Waals surface area contributed by atoms with Gasteiger partial charge in [-0.1, -0.05) is 47.5 Å². The second-order valence-electron chi connectivity index (χ2n) is 4.65. The highest BCUT2D eigenvalue weighted by atomic mass is 79.9. The molecule has 2 nitrogen and oxygen atoms in total. The van der Waals surface area contributed by atoms with E-state index < -0.39 is 0 Å². The molecule has 0 fully saturated rings. The molecule has 0 aromatic heterocycles. The Morgan fingerprint density at radius 3 is 2.50 bits per heavy atom. The zero-order chi connectivity index (χ0) is 14.4. The van der Waals surface area contributed by atoms with Crippen LogP contribution in [0.1, 0.15) is 25.3 Å². The van der Waals surface area contributed by atoms with E-state index in [-0.39, 0.29) is 0 Å². The van der Waals surface area contributed by atoms with E-state index in [0.29, 0.717) is 5.56 Å². The van der Waals surface area contributed by atoms with Crippen LogP contribution in [0.2, 0.25) is 0 Å². The van der Waals surface area contributed by atoms with E-state index in [1.165, 1.54) is 0 Å². The van der Waals surface area contributed by atoms with Crippen molar-refractivity contribution in [2.75, 3.05) is 11.4 Å². The zero-order valence-corrected chi connectivity index (χ0v) is 13.1. The molecule has 2 rings (SSSR count). The third kappa shape index (κ3) is 3.61. The fraction of sp³-hybridized carbons (Fsp3) is 0.235. The van der Waals surface area contributed by atoms with Crippen molar-refractivity contribution in [3.63, 3.8) is 0 Å². The summed E-state index contributed by atoms with van der Waals surface area (Å²) in [4.78, 5) is 2.26. The fourth-order valence-electron chi connectivity index (χ4n) is 2.13. The molecule has 0 spiro atoms. The molecule has 0 heterocycles. The summed E-state index contributed by atoms with van der Waals surface area (Å²) in [6.45, 7) is 3.13. The molecule has 0 aliphatic heterocycles. The third-order valence-corrected chi connectivity index (χ3v) is 3.58. The van der Waals surface area contributed by atoms with E-state index in [1.54, 1.807) is 0 Å². The highest BCUT2D eigenvalue weighted by molar-refractivity contribution is 9.10. The Morgan fingerprint density at radius 1 is 1.10 bits per heavy atom. The van der Waals surface area contributed by atoms with E-state index in [9.17, 15) is 0 Å². The smallest absolute Gasteiger partial charge is 0.0992 e. The second kappa shape index (κ2) is 7.12. The van der Waals surface area contributed by atoms with Gasteiger partial charge in [0.05, 0.1) is 11.6 Å². The molecule has 0 aliphatic rings. The Kier molecular flexibility index (Phi) is 5.20. The molecular weight excluding hydrogens is 312 g/mol. The highest BCUT2D eigenvalue weighted by Crippen LogP contribution is 2.29. The van der Waals surface area contributed by atoms with Crippen molar-refractivity contribution in [2.45, 2.75) is 19.8 Å². The van der Waals surface area contributed by atoms with Gasteiger partial charge in [0.15, 0.2) is 0 Å². The van der Waals surface area contributed by atoms with Crippen LogP contribution in [0.15, 0.2) is 53.0 Å². The number of nitriles is 1. The maximum absolute atomic E-state index is 9.13. The maximum atomic E-state index is 9.13. The molecule has 0 saturated carbocycles. The number of benzene rings is 2. The Bertz CT molecular complexity index is 602. The van der Waals surface area contributed by atoms with Gasteiger partial charge in [0.2, 0.25) is 0 Å². The lowest BCUT2D eigenvalue weighted by Crippen LogP contribution is -2.18. The van der Waals surface area contributed by atoms with Crippen molar-refractivity contribution in [3.05, 3.63) is 58.6 Å². The molecule has 0 N–H and O–H groups in total. The SMILES string of the molecule is CCCCN(c1ccccc1)c1cc(Br)cc(C#N)c1. The topological polar surface area (TPSA) is 27.0 Å². The van der Waals surface area contributed by atoms with Gasteiger partial charge in [-0.3, -0.25) is 0 Å². The molecule has 0 unspecified atom stereocenters. The Hall–Kier alpha value is -1.79. The number of rotatable bonds is 5. The molecule has 0 atom stereocenters. The second-order valence-corrected chi connectivity index (χ2v) is 5.57. The van der Waals surface area contributed by atoms with Crippen LogP contribution in [-0.4, -0.2) is 6.54 Å². The molecule has 0 saturated heterocycles. The average Bonchev–Trinajstić information content (AvgIpc) is 2.48. The molecule has 2 aromatic rings. The number of nitrogens with zero attached hydrogens (tertiary/aromatic N) is 2. The first-order valence-electron chi connectivity index (χ1n) is 6.78. The lowest BCUT2D eigenvalue weighted by molar-refractivity contribution is 0.785. The fourth-order valence-corrected chi connectivity index (χ4v) is 2.61. The zero-order valence-electron chi connectivity index (χ0n) is 11.5. The van der Waals surface area contributed by atoms with E-state index in [1.807, 2.05) is 30.3 Å². The summed E-state index contributed by atoms with van der Waals surface area (Å²) in [6.07, 6.45) is 2.26. The predicted octanol–water partition coefficient (Wildman–Crippen LogP) is 5.26. The molecule has 20 heavy (non-hydrogen) atoms. The van der Waals surface area contributed by atoms with Gasteiger partial charge in [-0.15, -0.1) is 0 Å². The maximum Gasteiger partial charge on any atom is 0.0992 e. The van der Waals surface area contributed by atoms with Gasteiger partial charge in [-0.05, 0) is 36.8 Å². The minimum absolute atomic E-state index is 0.673. The first kappa shape index (κ1) is 14.6. The summed E-state index contributed by atoms with van der Waals surface area (Å²) in [5.74, 6) is 0. The Morgan fingerprint density at radius 2 is 1.85 bits per heavy atom. The summed E-state index contributed by atoms with van der Waals surface area (Å²) < 4.78 is 0.934. The number of anilines is 2. The van der Waals surface area contributed by atoms with Gasteiger partial charge in [-0.25, -0.2) is 0 Å². The lowest BCUT2D eigenvalue weighted by Gasteiger charge is -2.25. The molecule has 102 valence electrons. The minimum Gasteiger partial charge on any atom is -0.341 e. The first-order valence-corrected chi connectivity index (χ1v) is 7.57. The number of para-hydroxylation sites is 1. The van der Waals surface area contributed by atoms with Gasteiger partial charge in [0.1, 0.15) is 0 Å². The summed E-state index contributed by atoms with van der Waals surface area (Å²) >= 11 is 3.49. The van der Waals surface area contributed by atoms with Crippen LogP contribution < -0.4 is 4.90 Å². The van der Waals surface area contributed by atoms with Crippen LogP contribution in [0, 0.1) is 11.3 Å². The Balaban J connectivity index is 2.41. The van der Waals surface area contributed by atoms with E-state index in [0.717, 1.165) is 35.2 Å². The number of halogens is 1. The van der Waals surface area contributed by atoms with Crippen LogP contribution in [0.3, 0.4) is 0 Å². The van der Waals surface area contributed by atoms with E-state index in [4.69, 9.17) is 5.26 Å². The third-order valence-electron chi connectivity index (χ3n) is 3.13. The van der Waals surface area contributed by atoms with Crippen molar-refractivity contribution in [2.24, 2.45) is 0 Å². The van der Waals surface area contributed by atoms with Crippen molar-refractivity contribution >= 4 is 27.3 Å². The van der Waals surface area contributed by atoms with Gasteiger partial charge < -0.3 is 4.90 Å². The minimum atomic E-state index is 0.673. The molecule has 2 aromatic carbocycles. The summed E-state index contributed by atoms with van der Waals surface area (Å²) in [6, 6.07) is 18.3. The van der Waals surface area contributed by atoms with Crippen molar-refractivity contribution in [1.29, 1.82) is 5.26 Å². The monoisotopic (exact) mass is 328 g/mol.